The van der Waals surface area contributed by atoms with Crippen molar-refractivity contribution in [3.8, 4) is 23.0 Å². The van der Waals surface area contributed by atoms with Crippen molar-refractivity contribution >= 4 is 23.1 Å². The summed E-state index contributed by atoms with van der Waals surface area (Å²) in [5.74, 6) is 1.68. The van der Waals surface area contributed by atoms with Crippen LogP contribution >= 0.6 is 11.8 Å². The molecule has 2 heterocycles. The Morgan fingerprint density at radius 1 is 0.463 bits per heavy atom. The maximum atomic E-state index is 13.0. The van der Waals surface area contributed by atoms with Crippen LogP contribution in [0.2, 0.25) is 0 Å². The molecule has 8 atom stereocenters. The molecule has 14 nitrogen and oxygen atoms in total. The Labute approximate surface area is 393 Å². The highest BCUT2D eigenvalue weighted by molar-refractivity contribution is 8.01. The SMILES string of the molecule is OC[C@H]1OC[C@H](O)[C@H](Nc2cc(OCc3ccccc3)cc(OCc3ccccc3)c2)[C@@]1(O)S[C@@]1(O)[C@@H](CO)OC[C@H](O)[C@@H]1Nc1cc(OCc2ccccc2)cc(OCc2ccccc2)c1. The number of hydrogen-bond acceptors (Lipinski definition) is 15. The molecular formula is C52H56N2O12S. The van der Waals surface area contributed by atoms with E-state index in [9.17, 15) is 30.6 Å². The largest absolute Gasteiger partial charge is 0.489 e. The number of aliphatic hydroxyl groups is 6. The number of anilines is 2. The fourth-order valence-corrected chi connectivity index (χ4v) is 9.82. The second-order valence-electron chi connectivity index (χ2n) is 16.5. The zero-order valence-corrected chi connectivity index (χ0v) is 37.5. The number of nitrogens with one attached hydrogen (secondary N) is 2. The quantitative estimate of drug-likeness (QED) is 0.0422. The summed E-state index contributed by atoms with van der Waals surface area (Å²) >= 11 is 0.492. The number of thioether (sulfide) groups is 1. The van der Waals surface area contributed by atoms with Gasteiger partial charge in [0.05, 0.1) is 38.5 Å². The summed E-state index contributed by atoms with van der Waals surface area (Å²) in [6.07, 6.45) is -5.63. The Hall–Kier alpha value is -5.85. The molecule has 67 heavy (non-hydrogen) atoms. The van der Waals surface area contributed by atoms with E-state index in [0.29, 0.717) is 46.1 Å². The molecule has 0 aromatic heterocycles. The fraction of sp³-hybridized carbons (Fsp3) is 0.308. The zero-order valence-electron chi connectivity index (χ0n) is 36.7. The van der Waals surface area contributed by atoms with Gasteiger partial charge in [0.25, 0.3) is 0 Å². The van der Waals surface area contributed by atoms with E-state index in [2.05, 4.69) is 10.6 Å². The third-order valence-electron chi connectivity index (χ3n) is 11.6. The fourth-order valence-electron chi connectivity index (χ4n) is 8.07. The van der Waals surface area contributed by atoms with Crippen LogP contribution in [-0.4, -0.2) is 103 Å². The first-order chi connectivity index (χ1) is 32.6. The highest BCUT2D eigenvalue weighted by atomic mass is 32.2. The zero-order chi connectivity index (χ0) is 46.6. The van der Waals surface area contributed by atoms with Gasteiger partial charge in [-0.3, -0.25) is 0 Å². The van der Waals surface area contributed by atoms with Crippen LogP contribution in [0, 0.1) is 0 Å². The third-order valence-corrected chi connectivity index (χ3v) is 13.3. The van der Waals surface area contributed by atoms with Gasteiger partial charge in [0.2, 0.25) is 0 Å². The molecule has 0 saturated carbocycles. The van der Waals surface area contributed by atoms with Gasteiger partial charge < -0.3 is 69.7 Å². The topological polar surface area (TPSA) is 201 Å². The molecule has 352 valence electrons. The molecule has 2 aliphatic heterocycles. The molecule has 2 fully saturated rings. The first kappa shape index (κ1) is 47.6. The van der Waals surface area contributed by atoms with Gasteiger partial charge in [-0.05, 0) is 22.3 Å². The van der Waals surface area contributed by atoms with Crippen LogP contribution in [-0.2, 0) is 35.9 Å². The predicted molar refractivity (Wildman–Crippen MR) is 254 cm³/mol. The van der Waals surface area contributed by atoms with Crippen molar-refractivity contribution in [2.75, 3.05) is 37.1 Å². The van der Waals surface area contributed by atoms with E-state index in [-0.39, 0.29) is 39.6 Å². The smallest absolute Gasteiger partial charge is 0.164 e. The second-order valence-corrected chi connectivity index (χ2v) is 18.0. The Balaban J connectivity index is 1.10. The van der Waals surface area contributed by atoms with Gasteiger partial charge in [0, 0.05) is 47.8 Å². The second kappa shape index (κ2) is 22.3. The third kappa shape index (κ3) is 12.0. The summed E-state index contributed by atoms with van der Waals surface area (Å²) in [6, 6.07) is 46.0. The van der Waals surface area contributed by atoms with E-state index in [4.69, 9.17) is 28.4 Å². The molecule has 0 amide bonds. The molecular weight excluding hydrogens is 877 g/mol. The molecule has 15 heteroatoms. The van der Waals surface area contributed by atoms with E-state index in [1.807, 2.05) is 121 Å². The van der Waals surface area contributed by atoms with Crippen molar-refractivity contribution in [3.05, 3.63) is 180 Å². The lowest BCUT2D eigenvalue weighted by Crippen LogP contribution is -2.71. The number of aliphatic hydroxyl groups excluding tert-OH is 4. The van der Waals surface area contributed by atoms with Crippen LogP contribution < -0.4 is 29.6 Å². The Kier molecular flexibility index (Phi) is 15.9. The highest BCUT2D eigenvalue weighted by Crippen LogP contribution is 2.50. The summed E-state index contributed by atoms with van der Waals surface area (Å²) < 4.78 is 36.6. The maximum absolute atomic E-state index is 13.0. The predicted octanol–water partition coefficient (Wildman–Crippen LogP) is 5.88. The maximum Gasteiger partial charge on any atom is 0.164 e. The molecule has 2 aliphatic rings. The average molecular weight is 933 g/mol. The number of hydrogen-bond donors (Lipinski definition) is 8. The Morgan fingerprint density at radius 3 is 1.01 bits per heavy atom. The van der Waals surface area contributed by atoms with Crippen LogP contribution in [0.4, 0.5) is 11.4 Å². The first-order valence-corrected chi connectivity index (χ1v) is 22.9. The standard InChI is InChI=1S/C52H56N2O12S/c55-27-47-51(59,49(45(57)33-65-47)53-39-21-41(61-29-35-13-5-1-6-14-35)25-42(22-39)62-30-36-15-7-2-8-16-36)67-52(60)48(28-56)66-34-46(58)50(52)54-40-23-43(63-31-37-17-9-3-10-18-37)26-44(24-40)64-32-38-19-11-4-12-20-38/h1-26,45-50,53-60H,27-34H2/t45-,46-,47+,48+,49-,50-,51-,52-/m0/s1. The van der Waals surface area contributed by atoms with Gasteiger partial charge in [-0.1, -0.05) is 133 Å². The Morgan fingerprint density at radius 2 is 0.746 bits per heavy atom. The molecule has 0 bridgehead atoms. The van der Waals surface area contributed by atoms with E-state index in [1.165, 1.54) is 0 Å². The van der Waals surface area contributed by atoms with Crippen molar-refractivity contribution in [1.82, 2.24) is 0 Å². The lowest BCUT2D eigenvalue weighted by Gasteiger charge is -2.54. The van der Waals surface area contributed by atoms with Gasteiger partial charge in [-0.25, -0.2) is 0 Å². The lowest BCUT2D eigenvalue weighted by molar-refractivity contribution is -0.174. The monoisotopic (exact) mass is 932 g/mol. The van der Waals surface area contributed by atoms with E-state index < -0.39 is 59.6 Å². The molecule has 6 aromatic carbocycles. The van der Waals surface area contributed by atoms with Gasteiger partial charge in [-0.15, -0.1) is 0 Å². The van der Waals surface area contributed by atoms with Gasteiger partial charge in [0.1, 0.15) is 73.8 Å². The van der Waals surface area contributed by atoms with Gasteiger partial charge >= 0.3 is 0 Å². The minimum absolute atomic E-state index is 0.240. The molecule has 0 aliphatic carbocycles. The number of benzene rings is 6. The summed E-state index contributed by atoms with van der Waals surface area (Å²) in [4.78, 5) is -4.74. The summed E-state index contributed by atoms with van der Waals surface area (Å²) in [5, 5.41) is 77.3. The van der Waals surface area contributed by atoms with Crippen LogP contribution in [0.5, 0.6) is 23.0 Å². The molecule has 6 aromatic rings. The van der Waals surface area contributed by atoms with Crippen molar-refractivity contribution in [3.63, 3.8) is 0 Å². The minimum Gasteiger partial charge on any atom is -0.489 e. The number of rotatable bonds is 20. The number of ether oxygens (including phenoxy) is 6. The minimum atomic E-state index is -2.37. The normalized spacial score (nSPS) is 24.9. The highest BCUT2D eigenvalue weighted by Gasteiger charge is 2.62. The summed E-state index contributed by atoms with van der Waals surface area (Å²) in [5.41, 5.74) is 4.45. The molecule has 0 radical (unpaired) electrons. The van der Waals surface area contributed by atoms with Crippen LogP contribution in [0.25, 0.3) is 0 Å². The van der Waals surface area contributed by atoms with Crippen LogP contribution in [0.3, 0.4) is 0 Å². The van der Waals surface area contributed by atoms with Crippen LogP contribution in [0.1, 0.15) is 22.3 Å². The average Bonchev–Trinajstić information content (AvgIpc) is 3.35. The van der Waals surface area contributed by atoms with Crippen molar-refractivity contribution in [2.24, 2.45) is 0 Å². The molecule has 0 unspecified atom stereocenters. The van der Waals surface area contributed by atoms with Crippen molar-refractivity contribution in [2.45, 2.75) is 72.8 Å². The summed E-state index contributed by atoms with van der Waals surface area (Å²) in [6.45, 7) is -1.09. The summed E-state index contributed by atoms with van der Waals surface area (Å²) in [7, 11) is 0. The van der Waals surface area contributed by atoms with E-state index in [0.717, 1.165) is 22.3 Å². The van der Waals surface area contributed by atoms with Crippen LogP contribution in [0.15, 0.2) is 158 Å². The van der Waals surface area contributed by atoms with E-state index in [1.54, 1.807) is 36.4 Å². The molecule has 0 spiro atoms. The van der Waals surface area contributed by atoms with Crippen molar-refractivity contribution < 1.29 is 59.1 Å². The molecule has 8 rings (SSSR count). The molecule has 2 saturated heterocycles. The van der Waals surface area contributed by atoms with Gasteiger partial charge in [0.15, 0.2) is 9.87 Å². The van der Waals surface area contributed by atoms with E-state index >= 15 is 0 Å². The van der Waals surface area contributed by atoms with Gasteiger partial charge in [-0.2, -0.15) is 0 Å². The Bertz CT molecular complexity index is 2170. The molecule has 8 N–H and O–H groups in total. The lowest BCUT2D eigenvalue weighted by atomic mass is 9.95. The first-order valence-electron chi connectivity index (χ1n) is 22.1. The van der Waals surface area contributed by atoms with Crippen molar-refractivity contribution in [1.29, 1.82) is 0 Å².